The van der Waals surface area contributed by atoms with Crippen molar-refractivity contribution in [3.63, 3.8) is 0 Å². The number of nitrogens with one attached hydrogen (secondary N) is 2. The summed E-state index contributed by atoms with van der Waals surface area (Å²) in [6.45, 7) is 5.79. The Balaban J connectivity index is 1.37. The summed E-state index contributed by atoms with van der Waals surface area (Å²) >= 11 is 0. The first-order valence-corrected chi connectivity index (χ1v) is 8.35. The van der Waals surface area contributed by atoms with Crippen molar-refractivity contribution < 1.29 is 0 Å². The molecule has 0 radical (unpaired) electrons. The highest BCUT2D eigenvalue weighted by molar-refractivity contribution is 5.41. The van der Waals surface area contributed by atoms with Crippen molar-refractivity contribution >= 4 is 5.82 Å². The summed E-state index contributed by atoms with van der Waals surface area (Å²) in [5.41, 5.74) is 3.52. The summed E-state index contributed by atoms with van der Waals surface area (Å²) in [7, 11) is 0. The number of aryl methyl sites for hydroxylation is 1. The number of hydrogen-bond acceptors (Lipinski definition) is 4. The van der Waals surface area contributed by atoms with Crippen molar-refractivity contribution in [2.45, 2.75) is 20.0 Å². The second kappa shape index (κ2) is 6.49. The molecular weight excluding hydrogens is 300 g/mol. The quantitative estimate of drug-likeness (QED) is 0.756. The van der Waals surface area contributed by atoms with Crippen LogP contribution in [0, 0.1) is 12.8 Å². The summed E-state index contributed by atoms with van der Waals surface area (Å²) in [5, 5.41) is 11.6. The Morgan fingerprint density at radius 2 is 2.25 bits per heavy atom. The molecule has 3 heterocycles. The summed E-state index contributed by atoms with van der Waals surface area (Å²) in [6, 6.07) is 10.5. The SMILES string of the molecule is Cc1cc2n(n1)C[C@H](CNCc1ccccc1-n1ccnc1)CN2. The van der Waals surface area contributed by atoms with Crippen LogP contribution in [-0.2, 0) is 13.1 Å². The predicted octanol–water partition coefficient (Wildman–Crippen LogP) is 2.21. The molecule has 0 bridgehead atoms. The van der Waals surface area contributed by atoms with Crippen LogP contribution in [0.5, 0.6) is 0 Å². The number of benzene rings is 1. The topological polar surface area (TPSA) is 59.7 Å². The van der Waals surface area contributed by atoms with Gasteiger partial charge in [-0.3, -0.25) is 0 Å². The van der Waals surface area contributed by atoms with E-state index in [1.165, 1.54) is 11.3 Å². The molecule has 2 N–H and O–H groups in total. The van der Waals surface area contributed by atoms with Gasteiger partial charge in [-0.25, -0.2) is 9.67 Å². The maximum atomic E-state index is 4.53. The number of fused-ring (bicyclic) bond motifs is 1. The first kappa shape index (κ1) is 15.0. The second-order valence-corrected chi connectivity index (χ2v) is 6.33. The molecule has 4 rings (SSSR count). The minimum Gasteiger partial charge on any atom is -0.370 e. The van der Waals surface area contributed by atoms with Crippen LogP contribution in [0.4, 0.5) is 5.82 Å². The van der Waals surface area contributed by atoms with Gasteiger partial charge in [-0.15, -0.1) is 0 Å². The van der Waals surface area contributed by atoms with Crippen LogP contribution in [0.15, 0.2) is 49.1 Å². The molecule has 0 saturated heterocycles. The zero-order chi connectivity index (χ0) is 16.4. The summed E-state index contributed by atoms with van der Waals surface area (Å²) in [6.07, 6.45) is 5.62. The van der Waals surface area contributed by atoms with E-state index in [1.54, 1.807) is 0 Å². The van der Waals surface area contributed by atoms with Crippen LogP contribution in [0.25, 0.3) is 5.69 Å². The summed E-state index contributed by atoms with van der Waals surface area (Å²) in [4.78, 5) is 4.14. The molecule has 1 aliphatic heterocycles. The highest BCUT2D eigenvalue weighted by atomic mass is 15.3. The zero-order valence-corrected chi connectivity index (χ0v) is 13.8. The third kappa shape index (κ3) is 3.05. The molecule has 0 fully saturated rings. The highest BCUT2D eigenvalue weighted by Gasteiger charge is 2.18. The third-order valence-electron chi connectivity index (χ3n) is 4.43. The van der Waals surface area contributed by atoms with E-state index in [2.05, 4.69) is 60.3 Å². The molecule has 1 aromatic carbocycles. The number of para-hydroxylation sites is 1. The van der Waals surface area contributed by atoms with Gasteiger partial charge in [0.05, 0.1) is 17.7 Å². The van der Waals surface area contributed by atoms with Crippen LogP contribution in [0.2, 0.25) is 0 Å². The predicted molar refractivity (Wildman–Crippen MR) is 94.2 cm³/mol. The molecular formula is C18H22N6. The monoisotopic (exact) mass is 322 g/mol. The van der Waals surface area contributed by atoms with Gasteiger partial charge in [0.2, 0.25) is 0 Å². The normalized spacial score (nSPS) is 16.6. The van der Waals surface area contributed by atoms with E-state index in [9.17, 15) is 0 Å². The Hall–Kier alpha value is -2.60. The molecule has 1 aliphatic rings. The average Bonchev–Trinajstić information content (AvgIpc) is 3.23. The van der Waals surface area contributed by atoms with E-state index in [-0.39, 0.29) is 0 Å². The van der Waals surface area contributed by atoms with Gasteiger partial charge >= 0.3 is 0 Å². The standard InChI is InChI=1S/C18H22N6/c1-14-8-18-21-10-15(12-24(18)22-14)9-20-11-16-4-2-3-5-17(16)23-7-6-19-13-23/h2-8,13,15,20-21H,9-12H2,1H3/t15-/m1/s1. The Kier molecular flexibility index (Phi) is 4.04. The van der Waals surface area contributed by atoms with E-state index in [1.807, 2.05) is 25.6 Å². The lowest BCUT2D eigenvalue weighted by atomic mass is 10.1. The fourth-order valence-corrected chi connectivity index (χ4v) is 3.25. The van der Waals surface area contributed by atoms with Gasteiger partial charge in [-0.1, -0.05) is 18.2 Å². The van der Waals surface area contributed by atoms with Gasteiger partial charge in [-0.05, 0) is 18.6 Å². The minimum atomic E-state index is 0.539. The maximum Gasteiger partial charge on any atom is 0.124 e. The van der Waals surface area contributed by atoms with Crippen molar-refractivity contribution in [3.8, 4) is 5.69 Å². The number of hydrogen-bond donors (Lipinski definition) is 2. The Bertz CT molecular complexity index is 805. The van der Waals surface area contributed by atoms with E-state index in [0.717, 1.165) is 37.7 Å². The second-order valence-electron chi connectivity index (χ2n) is 6.33. The van der Waals surface area contributed by atoms with E-state index in [4.69, 9.17) is 0 Å². The van der Waals surface area contributed by atoms with Gasteiger partial charge in [0.25, 0.3) is 0 Å². The summed E-state index contributed by atoms with van der Waals surface area (Å²) in [5.74, 6) is 1.67. The molecule has 0 amide bonds. The van der Waals surface area contributed by atoms with Crippen LogP contribution >= 0.6 is 0 Å². The number of aromatic nitrogens is 4. The Morgan fingerprint density at radius 3 is 3.12 bits per heavy atom. The number of rotatable bonds is 5. The first-order chi connectivity index (χ1) is 11.8. The van der Waals surface area contributed by atoms with Crippen molar-refractivity contribution in [2.75, 3.05) is 18.4 Å². The molecule has 24 heavy (non-hydrogen) atoms. The summed E-state index contributed by atoms with van der Waals surface area (Å²) < 4.78 is 4.13. The smallest absolute Gasteiger partial charge is 0.124 e. The molecule has 6 heteroatoms. The zero-order valence-electron chi connectivity index (χ0n) is 13.8. The van der Waals surface area contributed by atoms with E-state index in [0.29, 0.717) is 5.92 Å². The Morgan fingerprint density at radius 1 is 1.33 bits per heavy atom. The van der Waals surface area contributed by atoms with E-state index >= 15 is 0 Å². The molecule has 6 nitrogen and oxygen atoms in total. The lowest BCUT2D eigenvalue weighted by Crippen LogP contribution is -2.35. The van der Waals surface area contributed by atoms with Crippen molar-refractivity contribution in [3.05, 3.63) is 60.3 Å². The molecule has 3 aromatic rings. The van der Waals surface area contributed by atoms with Crippen LogP contribution < -0.4 is 10.6 Å². The first-order valence-electron chi connectivity index (χ1n) is 8.35. The molecule has 0 saturated carbocycles. The maximum absolute atomic E-state index is 4.53. The molecule has 0 unspecified atom stereocenters. The molecule has 2 aromatic heterocycles. The van der Waals surface area contributed by atoms with Gasteiger partial charge in [-0.2, -0.15) is 5.10 Å². The van der Waals surface area contributed by atoms with Gasteiger partial charge in [0.1, 0.15) is 5.82 Å². The van der Waals surface area contributed by atoms with Gasteiger partial charge in [0.15, 0.2) is 0 Å². The number of anilines is 1. The van der Waals surface area contributed by atoms with Gasteiger partial charge < -0.3 is 15.2 Å². The molecule has 1 atom stereocenters. The third-order valence-corrected chi connectivity index (χ3v) is 4.43. The fourth-order valence-electron chi connectivity index (χ4n) is 3.25. The fraction of sp³-hybridized carbons (Fsp3) is 0.333. The molecule has 124 valence electrons. The van der Waals surface area contributed by atoms with Crippen molar-refractivity contribution in [1.82, 2.24) is 24.6 Å². The van der Waals surface area contributed by atoms with Crippen molar-refractivity contribution in [2.24, 2.45) is 5.92 Å². The van der Waals surface area contributed by atoms with Gasteiger partial charge in [0, 0.05) is 50.6 Å². The minimum absolute atomic E-state index is 0.539. The van der Waals surface area contributed by atoms with Crippen LogP contribution in [0.3, 0.4) is 0 Å². The lowest BCUT2D eigenvalue weighted by Gasteiger charge is -2.25. The van der Waals surface area contributed by atoms with E-state index < -0.39 is 0 Å². The average molecular weight is 322 g/mol. The lowest BCUT2D eigenvalue weighted by molar-refractivity contribution is 0.390. The number of nitrogens with zero attached hydrogens (tertiary/aromatic N) is 4. The highest BCUT2D eigenvalue weighted by Crippen LogP contribution is 2.18. The van der Waals surface area contributed by atoms with Crippen LogP contribution in [-0.4, -0.2) is 32.4 Å². The molecule has 0 aliphatic carbocycles. The largest absolute Gasteiger partial charge is 0.370 e. The molecule has 0 spiro atoms. The number of imidazole rings is 1. The van der Waals surface area contributed by atoms with Crippen LogP contribution in [0.1, 0.15) is 11.3 Å². The van der Waals surface area contributed by atoms with Crippen molar-refractivity contribution in [1.29, 1.82) is 0 Å². The Labute approximate surface area is 141 Å².